The Morgan fingerprint density at radius 1 is 1.20 bits per heavy atom. The Labute approximate surface area is 152 Å². The second-order valence-electron chi connectivity index (χ2n) is 5.86. The van der Waals surface area contributed by atoms with Gasteiger partial charge in [0.05, 0.1) is 18.7 Å². The lowest BCUT2D eigenvalue weighted by Crippen LogP contribution is -2.30. The van der Waals surface area contributed by atoms with Crippen LogP contribution in [0.15, 0.2) is 42.0 Å². The minimum absolute atomic E-state index is 0.0822. The van der Waals surface area contributed by atoms with Gasteiger partial charge in [0, 0.05) is 15.6 Å². The number of benzene rings is 2. The predicted molar refractivity (Wildman–Crippen MR) is 95.3 cm³/mol. The molecule has 1 aliphatic rings. The average Bonchev–Trinajstić information content (AvgIpc) is 2.68. The molecule has 2 aromatic rings. The fourth-order valence-corrected chi connectivity index (χ4v) is 3.31. The molecule has 2 aromatic carbocycles. The lowest BCUT2D eigenvalue weighted by Gasteiger charge is -2.23. The smallest absolute Gasteiger partial charge is 0.231 e. The largest absolute Gasteiger partial charge is 0.307 e. The van der Waals surface area contributed by atoms with E-state index >= 15 is 0 Å². The summed E-state index contributed by atoms with van der Waals surface area (Å²) in [5, 5.41) is 0. The van der Waals surface area contributed by atoms with E-state index in [-0.39, 0.29) is 30.3 Å². The summed E-state index contributed by atoms with van der Waals surface area (Å²) in [5.41, 5.74) is 2.26. The van der Waals surface area contributed by atoms with Crippen LogP contribution in [0.1, 0.15) is 23.1 Å². The van der Waals surface area contributed by atoms with Crippen molar-refractivity contribution in [3.05, 3.63) is 70.3 Å². The third-order valence-electron chi connectivity index (χ3n) is 4.13. The maximum absolute atomic E-state index is 13.8. The van der Waals surface area contributed by atoms with Crippen molar-refractivity contribution in [3.63, 3.8) is 0 Å². The van der Waals surface area contributed by atoms with Gasteiger partial charge in [-0.1, -0.05) is 12.1 Å². The standard InChI is InChI=1S/C19H14BrF2NO2/c1-11-2-3-12(6-16(11)22)9-23-17-8-14(21)4-5-15(17)19(20)13(10-24)7-18(23)25/h2-6,8,10H,7,9H2,1H3. The second-order valence-corrected chi connectivity index (χ2v) is 6.65. The van der Waals surface area contributed by atoms with E-state index in [1.54, 1.807) is 19.1 Å². The number of aryl methyl sites for hydroxylation is 1. The number of nitrogens with zero attached hydrogens (tertiary/aromatic N) is 1. The lowest BCUT2D eigenvalue weighted by molar-refractivity contribution is -0.118. The van der Waals surface area contributed by atoms with E-state index in [2.05, 4.69) is 15.9 Å². The van der Waals surface area contributed by atoms with Crippen LogP contribution in [0.3, 0.4) is 0 Å². The number of carbonyl (C=O) groups is 2. The number of aldehydes is 1. The number of hydrogen-bond acceptors (Lipinski definition) is 2. The van der Waals surface area contributed by atoms with Crippen molar-refractivity contribution in [1.29, 1.82) is 0 Å². The van der Waals surface area contributed by atoms with E-state index in [0.29, 0.717) is 33.1 Å². The average molecular weight is 406 g/mol. The molecule has 0 saturated heterocycles. The molecule has 3 rings (SSSR count). The molecular weight excluding hydrogens is 392 g/mol. The molecule has 0 saturated carbocycles. The highest BCUT2D eigenvalue weighted by molar-refractivity contribution is 9.15. The van der Waals surface area contributed by atoms with Crippen molar-refractivity contribution in [2.75, 3.05) is 4.90 Å². The highest BCUT2D eigenvalue weighted by Gasteiger charge is 2.27. The zero-order valence-corrected chi connectivity index (χ0v) is 14.9. The molecule has 3 nitrogen and oxygen atoms in total. The molecule has 1 heterocycles. The van der Waals surface area contributed by atoms with Crippen molar-refractivity contribution >= 4 is 38.3 Å². The van der Waals surface area contributed by atoms with Gasteiger partial charge in [0.2, 0.25) is 5.91 Å². The number of fused-ring (bicyclic) bond motifs is 1. The molecule has 0 aromatic heterocycles. The second kappa shape index (κ2) is 6.88. The summed E-state index contributed by atoms with van der Waals surface area (Å²) >= 11 is 3.34. The molecule has 0 aliphatic carbocycles. The summed E-state index contributed by atoms with van der Waals surface area (Å²) in [4.78, 5) is 25.3. The molecule has 0 unspecified atom stereocenters. The fourth-order valence-electron chi connectivity index (χ4n) is 2.74. The van der Waals surface area contributed by atoms with E-state index in [0.717, 1.165) is 0 Å². The van der Waals surface area contributed by atoms with Crippen molar-refractivity contribution < 1.29 is 18.4 Å². The lowest BCUT2D eigenvalue weighted by atomic mass is 10.1. The first-order valence-electron chi connectivity index (χ1n) is 7.60. The summed E-state index contributed by atoms with van der Waals surface area (Å²) in [6.45, 7) is 1.73. The summed E-state index contributed by atoms with van der Waals surface area (Å²) < 4.78 is 28.1. The van der Waals surface area contributed by atoms with Gasteiger partial charge in [0.15, 0.2) is 0 Å². The van der Waals surface area contributed by atoms with Crippen molar-refractivity contribution in [2.45, 2.75) is 19.9 Å². The van der Waals surface area contributed by atoms with Crippen LogP contribution in [0.25, 0.3) is 4.48 Å². The van der Waals surface area contributed by atoms with Gasteiger partial charge < -0.3 is 4.90 Å². The van der Waals surface area contributed by atoms with Crippen molar-refractivity contribution in [1.82, 2.24) is 0 Å². The third kappa shape index (κ3) is 3.39. The Balaban J connectivity index is 2.09. The molecule has 1 amide bonds. The quantitative estimate of drug-likeness (QED) is 0.704. The van der Waals surface area contributed by atoms with Crippen molar-refractivity contribution in [3.8, 4) is 0 Å². The molecule has 1 aliphatic heterocycles. The Morgan fingerprint density at radius 3 is 2.64 bits per heavy atom. The molecule has 6 heteroatoms. The van der Waals surface area contributed by atoms with Gasteiger partial charge in [-0.25, -0.2) is 8.78 Å². The van der Waals surface area contributed by atoms with E-state index in [1.807, 2.05) is 0 Å². The molecular formula is C19H14BrF2NO2. The van der Waals surface area contributed by atoms with E-state index in [1.165, 1.54) is 29.2 Å². The minimum Gasteiger partial charge on any atom is -0.307 e. The van der Waals surface area contributed by atoms with Crippen LogP contribution < -0.4 is 4.90 Å². The summed E-state index contributed by atoms with van der Waals surface area (Å²) in [6, 6.07) is 8.73. The Bertz CT molecular complexity index is 908. The number of carbonyl (C=O) groups excluding carboxylic acids is 2. The molecule has 0 fully saturated rings. The van der Waals surface area contributed by atoms with E-state index in [4.69, 9.17) is 0 Å². The molecule has 0 radical (unpaired) electrons. The molecule has 0 spiro atoms. The first kappa shape index (κ1) is 17.5. The van der Waals surface area contributed by atoms with Gasteiger partial charge in [-0.15, -0.1) is 0 Å². The third-order valence-corrected chi connectivity index (χ3v) is 5.07. The highest BCUT2D eigenvalue weighted by Crippen LogP contribution is 2.38. The highest BCUT2D eigenvalue weighted by atomic mass is 79.9. The van der Waals surface area contributed by atoms with Gasteiger partial charge in [-0.3, -0.25) is 9.59 Å². The number of halogens is 3. The van der Waals surface area contributed by atoms with E-state index in [9.17, 15) is 18.4 Å². The van der Waals surface area contributed by atoms with Crippen LogP contribution in [-0.2, 0) is 16.1 Å². The number of amides is 1. The maximum Gasteiger partial charge on any atom is 0.231 e. The van der Waals surface area contributed by atoms with Crippen molar-refractivity contribution in [2.24, 2.45) is 0 Å². The summed E-state index contributed by atoms with van der Waals surface area (Å²) in [5.74, 6) is -1.22. The Morgan fingerprint density at radius 2 is 1.96 bits per heavy atom. The topological polar surface area (TPSA) is 37.4 Å². The van der Waals surface area contributed by atoms with Crippen LogP contribution in [0.5, 0.6) is 0 Å². The summed E-state index contributed by atoms with van der Waals surface area (Å²) in [7, 11) is 0. The maximum atomic E-state index is 13.8. The Hall–Kier alpha value is -2.34. The molecule has 0 bridgehead atoms. The van der Waals surface area contributed by atoms with Gasteiger partial charge in [0.25, 0.3) is 0 Å². The van der Waals surface area contributed by atoms with Gasteiger partial charge in [0.1, 0.15) is 17.9 Å². The zero-order valence-electron chi connectivity index (χ0n) is 13.4. The summed E-state index contributed by atoms with van der Waals surface area (Å²) in [6.07, 6.45) is 0.499. The fraction of sp³-hybridized carbons (Fsp3) is 0.158. The number of anilines is 1. The molecule has 25 heavy (non-hydrogen) atoms. The first-order valence-corrected chi connectivity index (χ1v) is 8.39. The van der Waals surface area contributed by atoms with Crippen LogP contribution in [0, 0.1) is 18.6 Å². The van der Waals surface area contributed by atoms with Crippen LogP contribution in [-0.4, -0.2) is 12.2 Å². The Kier molecular flexibility index (Phi) is 4.81. The first-order chi connectivity index (χ1) is 11.9. The van der Waals surface area contributed by atoms with Gasteiger partial charge in [-0.05, 0) is 58.2 Å². The molecule has 0 atom stereocenters. The molecule has 0 N–H and O–H groups in total. The van der Waals surface area contributed by atoms with Crippen LogP contribution in [0.2, 0.25) is 0 Å². The SMILES string of the molecule is Cc1ccc(CN2C(=O)CC(C=O)=C(Br)c3ccc(F)cc32)cc1F. The predicted octanol–water partition coefficient (Wildman–Crippen LogP) is 4.52. The van der Waals surface area contributed by atoms with Crippen LogP contribution in [0.4, 0.5) is 14.5 Å². The van der Waals surface area contributed by atoms with Crippen LogP contribution >= 0.6 is 15.9 Å². The minimum atomic E-state index is -0.499. The number of rotatable bonds is 3. The van der Waals surface area contributed by atoms with E-state index < -0.39 is 5.82 Å². The van der Waals surface area contributed by atoms with Gasteiger partial charge in [-0.2, -0.15) is 0 Å². The number of hydrogen-bond donors (Lipinski definition) is 0. The molecule has 128 valence electrons. The van der Waals surface area contributed by atoms with Gasteiger partial charge >= 0.3 is 0 Å². The normalized spacial score (nSPS) is 14.4. The zero-order chi connectivity index (χ0) is 18.1. The monoisotopic (exact) mass is 405 g/mol.